The van der Waals surface area contributed by atoms with Gasteiger partial charge in [-0.3, -0.25) is 0 Å². The number of aliphatic hydroxyl groups excluding tert-OH is 1. The van der Waals surface area contributed by atoms with E-state index >= 15 is 0 Å². The van der Waals surface area contributed by atoms with Crippen molar-refractivity contribution in [3.8, 4) is 12.3 Å². The van der Waals surface area contributed by atoms with Crippen molar-refractivity contribution in [3.05, 3.63) is 0 Å². The first-order valence-corrected chi connectivity index (χ1v) is 9.65. The second-order valence-corrected chi connectivity index (χ2v) is 9.39. The molecule has 0 bridgehead atoms. The van der Waals surface area contributed by atoms with Gasteiger partial charge in [0.05, 0.1) is 6.10 Å². The zero-order chi connectivity index (χ0) is 15.5. The molecule has 4 fully saturated rings. The maximum Gasteiger partial charge on any atom is 0.0596 e. The minimum absolute atomic E-state index is 0.0891. The molecule has 4 saturated carbocycles. The number of rotatable bonds is 0. The van der Waals surface area contributed by atoms with E-state index in [9.17, 15) is 5.11 Å². The lowest BCUT2D eigenvalue weighted by atomic mass is 9.43. The molecule has 0 aromatic carbocycles. The maximum atomic E-state index is 10.6. The lowest BCUT2D eigenvalue weighted by Crippen LogP contribution is -2.56. The van der Waals surface area contributed by atoms with Gasteiger partial charge in [-0.1, -0.05) is 26.7 Å². The first-order valence-electron chi connectivity index (χ1n) is 9.65. The van der Waals surface area contributed by atoms with Gasteiger partial charge in [-0.2, -0.15) is 0 Å². The molecular formula is C21H32O. The highest BCUT2D eigenvalue weighted by molar-refractivity contribution is 5.15. The SMILES string of the molecule is C#CC1CC2CCCC[C@]2(C)[C@@H]2CC[C@]3(C)C(O)CC[C@H]3[C@H]12. The summed E-state index contributed by atoms with van der Waals surface area (Å²) in [5.74, 6) is 6.71. The van der Waals surface area contributed by atoms with Gasteiger partial charge < -0.3 is 5.11 Å². The molecule has 122 valence electrons. The van der Waals surface area contributed by atoms with Crippen LogP contribution in [0.25, 0.3) is 0 Å². The summed E-state index contributed by atoms with van der Waals surface area (Å²) in [6, 6.07) is 0. The van der Waals surface area contributed by atoms with Crippen LogP contribution in [0.1, 0.15) is 71.6 Å². The highest BCUT2D eigenvalue weighted by atomic mass is 16.3. The van der Waals surface area contributed by atoms with E-state index < -0.39 is 0 Å². The zero-order valence-corrected chi connectivity index (χ0v) is 14.4. The van der Waals surface area contributed by atoms with Gasteiger partial charge in [-0.05, 0) is 79.4 Å². The van der Waals surface area contributed by atoms with E-state index in [0.29, 0.717) is 23.2 Å². The van der Waals surface area contributed by atoms with E-state index in [-0.39, 0.29) is 11.5 Å². The maximum absolute atomic E-state index is 10.6. The third kappa shape index (κ3) is 1.83. The molecule has 4 aliphatic rings. The third-order valence-corrected chi connectivity index (χ3v) is 8.80. The molecule has 0 amide bonds. The number of fused-ring (bicyclic) bond motifs is 5. The predicted molar refractivity (Wildman–Crippen MR) is 90.1 cm³/mol. The van der Waals surface area contributed by atoms with Crippen molar-refractivity contribution < 1.29 is 5.11 Å². The first-order chi connectivity index (χ1) is 10.5. The van der Waals surface area contributed by atoms with Gasteiger partial charge >= 0.3 is 0 Å². The fourth-order valence-electron chi connectivity index (χ4n) is 7.45. The van der Waals surface area contributed by atoms with Gasteiger partial charge in [0.2, 0.25) is 0 Å². The minimum atomic E-state index is -0.0891. The molecular weight excluding hydrogens is 268 g/mol. The molecule has 1 heteroatoms. The normalized spacial score (nSPS) is 57.4. The van der Waals surface area contributed by atoms with E-state index in [1.54, 1.807) is 0 Å². The number of terminal acetylenes is 1. The summed E-state index contributed by atoms with van der Waals surface area (Å²) in [4.78, 5) is 0. The van der Waals surface area contributed by atoms with Crippen molar-refractivity contribution in [1.29, 1.82) is 0 Å². The van der Waals surface area contributed by atoms with Crippen LogP contribution in [0, 0.1) is 52.8 Å². The third-order valence-electron chi connectivity index (χ3n) is 8.80. The average Bonchev–Trinajstić information content (AvgIpc) is 2.82. The van der Waals surface area contributed by atoms with Crippen LogP contribution >= 0.6 is 0 Å². The fourth-order valence-corrected chi connectivity index (χ4v) is 7.45. The molecule has 0 saturated heterocycles. The zero-order valence-electron chi connectivity index (χ0n) is 14.4. The fraction of sp³-hybridized carbons (Fsp3) is 0.905. The van der Waals surface area contributed by atoms with Gasteiger partial charge in [-0.15, -0.1) is 12.3 Å². The molecule has 1 nitrogen and oxygen atoms in total. The Kier molecular flexibility index (Phi) is 3.43. The smallest absolute Gasteiger partial charge is 0.0596 e. The van der Waals surface area contributed by atoms with Crippen molar-refractivity contribution in [1.82, 2.24) is 0 Å². The van der Waals surface area contributed by atoms with Crippen LogP contribution in [0.15, 0.2) is 0 Å². The van der Waals surface area contributed by atoms with Crippen molar-refractivity contribution in [3.63, 3.8) is 0 Å². The molecule has 0 radical (unpaired) electrons. The van der Waals surface area contributed by atoms with E-state index in [4.69, 9.17) is 6.42 Å². The quantitative estimate of drug-likeness (QED) is 0.646. The van der Waals surface area contributed by atoms with E-state index in [1.807, 2.05) is 0 Å². The molecule has 0 aromatic heterocycles. The second-order valence-electron chi connectivity index (χ2n) is 9.39. The monoisotopic (exact) mass is 300 g/mol. The highest BCUT2D eigenvalue weighted by Crippen LogP contribution is 2.67. The van der Waals surface area contributed by atoms with Gasteiger partial charge in [0.15, 0.2) is 0 Å². The molecule has 0 heterocycles. The topological polar surface area (TPSA) is 20.2 Å². The van der Waals surface area contributed by atoms with Crippen LogP contribution in [0.2, 0.25) is 0 Å². The molecule has 22 heavy (non-hydrogen) atoms. The van der Waals surface area contributed by atoms with Crippen molar-refractivity contribution in [2.45, 2.75) is 77.7 Å². The summed E-state index contributed by atoms with van der Waals surface area (Å²) in [5, 5.41) is 10.6. The first kappa shape index (κ1) is 15.1. The minimum Gasteiger partial charge on any atom is -0.393 e. The highest BCUT2D eigenvalue weighted by Gasteiger charge is 2.61. The number of hydrogen-bond donors (Lipinski definition) is 1. The van der Waals surface area contributed by atoms with Crippen LogP contribution < -0.4 is 0 Å². The van der Waals surface area contributed by atoms with E-state index in [0.717, 1.165) is 18.3 Å². The molecule has 4 rings (SSSR count). The van der Waals surface area contributed by atoms with Crippen LogP contribution in [-0.4, -0.2) is 11.2 Å². The Morgan fingerprint density at radius 1 is 0.955 bits per heavy atom. The Morgan fingerprint density at radius 2 is 1.73 bits per heavy atom. The van der Waals surface area contributed by atoms with Crippen LogP contribution in [0.3, 0.4) is 0 Å². The average molecular weight is 300 g/mol. The van der Waals surface area contributed by atoms with Gasteiger partial charge in [0.1, 0.15) is 0 Å². The summed E-state index contributed by atoms with van der Waals surface area (Å²) < 4.78 is 0. The second kappa shape index (κ2) is 5.01. The molecule has 8 atom stereocenters. The summed E-state index contributed by atoms with van der Waals surface area (Å²) in [5.41, 5.74) is 0.680. The molecule has 3 unspecified atom stereocenters. The molecule has 4 aliphatic carbocycles. The molecule has 0 spiro atoms. The Labute approximate surface area is 136 Å². The standard InChI is InChI=1S/C21H32O/c1-4-14-13-15-7-5-6-11-20(15,2)17-10-12-21(3)16(19(14)17)8-9-18(21)22/h1,14-19,22H,5-13H2,2-3H3/t14?,15?,16-,17+,18?,19-,20-,21-/m0/s1. The van der Waals surface area contributed by atoms with Gasteiger partial charge in [0, 0.05) is 5.92 Å². The van der Waals surface area contributed by atoms with Gasteiger partial charge in [-0.25, -0.2) is 0 Å². The lowest BCUT2D eigenvalue weighted by Gasteiger charge is -2.61. The van der Waals surface area contributed by atoms with E-state index in [1.165, 1.54) is 51.4 Å². The van der Waals surface area contributed by atoms with Crippen molar-refractivity contribution in [2.24, 2.45) is 40.4 Å². The van der Waals surface area contributed by atoms with Crippen molar-refractivity contribution in [2.75, 3.05) is 0 Å². The largest absolute Gasteiger partial charge is 0.393 e. The van der Waals surface area contributed by atoms with Crippen LogP contribution in [0.5, 0.6) is 0 Å². The predicted octanol–water partition coefficient (Wildman–Crippen LogP) is 4.64. The van der Waals surface area contributed by atoms with Crippen molar-refractivity contribution >= 4 is 0 Å². The Morgan fingerprint density at radius 3 is 2.50 bits per heavy atom. The number of hydrogen-bond acceptors (Lipinski definition) is 1. The lowest BCUT2D eigenvalue weighted by molar-refractivity contribution is -0.135. The molecule has 0 aliphatic heterocycles. The summed E-state index contributed by atoms with van der Waals surface area (Å²) in [6.07, 6.45) is 17.6. The van der Waals surface area contributed by atoms with Crippen LogP contribution in [-0.2, 0) is 0 Å². The summed E-state index contributed by atoms with van der Waals surface area (Å²) in [7, 11) is 0. The number of aliphatic hydroxyl groups is 1. The summed E-state index contributed by atoms with van der Waals surface area (Å²) >= 11 is 0. The molecule has 0 aromatic rings. The Hall–Kier alpha value is -0.480. The van der Waals surface area contributed by atoms with Gasteiger partial charge in [0.25, 0.3) is 0 Å². The molecule has 1 N–H and O–H groups in total. The Bertz CT molecular complexity index is 491. The summed E-state index contributed by atoms with van der Waals surface area (Å²) in [6.45, 7) is 4.95. The van der Waals surface area contributed by atoms with Crippen LogP contribution in [0.4, 0.5) is 0 Å². The Balaban J connectivity index is 1.72. The van der Waals surface area contributed by atoms with E-state index in [2.05, 4.69) is 19.8 Å².